The monoisotopic (exact) mass is 279 g/mol. The van der Waals surface area contributed by atoms with Gasteiger partial charge in [-0.1, -0.05) is 12.8 Å². The molecule has 6 heteroatoms. The Labute approximate surface area is 118 Å². The number of hydrogen-bond acceptors (Lipinski definition) is 4. The van der Waals surface area contributed by atoms with E-state index in [1.165, 1.54) is 26.1 Å². The fourth-order valence-electron chi connectivity index (χ4n) is 2.49. The molecule has 0 saturated carbocycles. The third-order valence-electron chi connectivity index (χ3n) is 3.70. The lowest BCUT2D eigenvalue weighted by molar-refractivity contribution is -0.131. The molecule has 0 spiro atoms. The molecule has 1 saturated heterocycles. The fourth-order valence-corrected chi connectivity index (χ4v) is 2.49. The van der Waals surface area contributed by atoms with E-state index in [0.29, 0.717) is 11.5 Å². The topological polar surface area (TPSA) is 64.4 Å². The van der Waals surface area contributed by atoms with Crippen LogP contribution in [0.25, 0.3) is 0 Å². The van der Waals surface area contributed by atoms with E-state index < -0.39 is 5.97 Å². The molecule has 1 amide bonds. The summed E-state index contributed by atoms with van der Waals surface area (Å²) in [6.45, 7) is 3.54. The van der Waals surface area contributed by atoms with E-state index in [0.717, 1.165) is 25.9 Å². The highest BCUT2D eigenvalue weighted by Crippen LogP contribution is 2.12. The van der Waals surface area contributed by atoms with Crippen LogP contribution in [0.15, 0.2) is 6.20 Å². The normalized spacial score (nSPS) is 15.8. The quantitative estimate of drug-likeness (QED) is 0.784. The second kappa shape index (κ2) is 6.54. The van der Waals surface area contributed by atoms with Crippen molar-refractivity contribution in [3.05, 3.63) is 17.7 Å². The first kappa shape index (κ1) is 14.6. The zero-order valence-electron chi connectivity index (χ0n) is 12.1. The van der Waals surface area contributed by atoms with Crippen LogP contribution in [0.2, 0.25) is 0 Å². The Morgan fingerprint density at radius 1 is 1.25 bits per heavy atom. The van der Waals surface area contributed by atoms with Crippen LogP contribution < -0.4 is 0 Å². The zero-order chi connectivity index (χ0) is 14.5. The van der Waals surface area contributed by atoms with Crippen LogP contribution in [0.1, 0.15) is 42.0 Å². The molecule has 2 heterocycles. The van der Waals surface area contributed by atoms with Gasteiger partial charge in [-0.15, -0.1) is 0 Å². The molecule has 0 aromatic carbocycles. The molecule has 0 atom stereocenters. The SMILES string of the molecule is COC(=O)c1cnc(C)n1CC(=O)N1CCCCCC1. The highest BCUT2D eigenvalue weighted by Gasteiger charge is 2.20. The molecule has 0 radical (unpaired) electrons. The predicted molar refractivity (Wildman–Crippen MR) is 73.4 cm³/mol. The van der Waals surface area contributed by atoms with E-state index in [1.807, 2.05) is 4.90 Å². The minimum atomic E-state index is -0.464. The van der Waals surface area contributed by atoms with Gasteiger partial charge in [-0.25, -0.2) is 9.78 Å². The molecular formula is C14H21N3O3. The lowest BCUT2D eigenvalue weighted by atomic mass is 10.2. The van der Waals surface area contributed by atoms with Crippen LogP contribution in [0, 0.1) is 6.92 Å². The van der Waals surface area contributed by atoms with Gasteiger partial charge in [0.05, 0.1) is 13.3 Å². The maximum absolute atomic E-state index is 12.4. The van der Waals surface area contributed by atoms with Gasteiger partial charge < -0.3 is 14.2 Å². The van der Waals surface area contributed by atoms with Gasteiger partial charge in [0.25, 0.3) is 0 Å². The minimum Gasteiger partial charge on any atom is -0.464 e. The van der Waals surface area contributed by atoms with Gasteiger partial charge in [0.15, 0.2) is 0 Å². The van der Waals surface area contributed by atoms with Crippen LogP contribution in [0.5, 0.6) is 0 Å². The van der Waals surface area contributed by atoms with Gasteiger partial charge in [0.2, 0.25) is 5.91 Å². The van der Waals surface area contributed by atoms with E-state index in [1.54, 1.807) is 11.5 Å². The second-order valence-corrected chi connectivity index (χ2v) is 5.06. The Morgan fingerprint density at radius 3 is 2.50 bits per heavy atom. The number of hydrogen-bond donors (Lipinski definition) is 0. The molecule has 1 fully saturated rings. The maximum Gasteiger partial charge on any atom is 0.356 e. The first-order valence-electron chi connectivity index (χ1n) is 7.01. The van der Waals surface area contributed by atoms with Crippen LogP contribution >= 0.6 is 0 Å². The summed E-state index contributed by atoms with van der Waals surface area (Å²) in [6.07, 6.45) is 5.93. The van der Waals surface area contributed by atoms with Crippen molar-refractivity contribution in [2.45, 2.75) is 39.2 Å². The van der Waals surface area contributed by atoms with E-state index in [4.69, 9.17) is 4.74 Å². The molecule has 1 aromatic heterocycles. The number of carbonyl (C=O) groups is 2. The summed E-state index contributed by atoms with van der Waals surface area (Å²) in [5.41, 5.74) is 0.327. The fraction of sp³-hybridized carbons (Fsp3) is 0.643. The number of imidazole rings is 1. The molecule has 1 aliphatic rings. The van der Waals surface area contributed by atoms with Crippen molar-refractivity contribution >= 4 is 11.9 Å². The van der Waals surface area contributed by atoms with E-state index >= 15 is 0 Å². The highest BCUT2D eigenvalue weighted by molar-refractivity contribution is 5.88. The van der Waals surface area contributed by atoms with Crippen LogP contribution in [0.3, 0.4) is 0 Å². The summed E-state index contributed by atoms with van der Waals surface area (Å²) >= 11 is 0. The second-order valence-electron chi connectivity index (χ2n) is 5.06. The number of carbonyl (C=O) groups excluding carboxylic acids is 2. The van der Waals surface area contributed by atoms with Gasteiger partial charge in [-0.2, -0.15) is 0 Å². The summed E-state index contributed by atoms with van der Waals surface area (Å²) in [6, 6.07) is 0. The molecule has 0 N–H and O–H groups in total. The number of aryl methyl sites for hydroxylation is 1. The smallest absolute Gasteiger partial charge is 0.356 e. The number of methoxy groups -OCH3 is 1. The van der Waals surface area contributed by atoms with Gasteiger partial charge in [0.1, 0.15) is 18.1 Å². The van der Waals surface area contributed by atoms with Gasteiger partial charge >= 0.3 is 5.97 Å². The van der Waals surface area contributed by atoms with Crippen molar-refractivity contribution in [2.24, 2.45) is 0 Å². The number of likely N-dealkylation sites (tertiary alicyclic amines) is 1. The van der Waals surface area contributed by atoms with Crippen molar-refractivity contribution < 1.29 is 14.3 Å². The standard InChI is InChI=1S/C14H21N3O3/c1-11-15-9-12(14(19)20-2)17(11)10-13(18)16-7-5-3-4-6-8-16/h9H,3-8,10H2,1-2H3. The average molecular weight is 279 g/mol. The molecule has 20 heavy (non-hydrogen) atoms. The Bertz CT molecular complexity index is 488. The maximum atomic E-state index is 12.4. The van der Waals surface area contributed by atoms with Gasteiger partial charge in [-0.3, -0.25) is 4.79 Å². The van der Waals surface area contributed by atoms with Crippen molar-refractivity contribution in [3.63, 3.8) is 0 Å². The number of aromatic nitrogens is 2. The summed E-state index contributed by atoms with van der Waals surface area (Å²) in [4.78, 5) is 30.0. The number of amides is 1. The minimum absolute atomic E-state index is 0.0400. The number of esters is 1. The lowest BCUT2D eigenvalue weighted by Crippen LogP contribution is -2.35. The summed E-state index contributed by atoms with van der Waals surface area (Å²) < 4.78 is 6.34. The summed E-state index contributed by atoms with van der Waals surface area (Å²) in [5.74, 6) is 0.223. The molecule has 110 valence electrons. The largest absolute Gasteiger partial charge is 0.464 e. The Morgan fingerprint density at radius 2 is 1.90 bits per heavy atom. The van der Waals surface area contributed by atoms with Gasteiger partial charge in [0, 0.05) is 13.1 Å². The molecule has 1 aliphatic heterocycles. The van der Waals surface area contributed by atoms with E-state index in [9.17, 15) is 9.59 Å². The van der Waals surface area contributed by atoms with Crippen molar-refractivity contribution in [2.75, 3.05) is 20.2 Å². The van der Waals surface area contributed by atoms with Crippen molar-refractivity contribution in [3.8, 4) is 0 Å². The Kier molecular flexibility index (Phi) is 4.76. The van der Waals surface area contributed by atoms with Gasteiger partial charge in [-0.05, 0) is 19.8 Å². The number of ether oxygens (including phenoxy) is 1. The molecule has 0 bridgehead atoms. The first-order valence-corrected chi connectivity index (χ1v) is 7.01. The average Bonchev–Trinajstić information content (AvgIpc) is 2.69. The van der Waals surface area contributed by atoms with Crippen LogP contribution in [0.4, 0.5) is 0 Å². The lowest BCUT2D eigenvalue weighted by Gasteiger charge is -2.21. The number of nitrogens with zero attached hydrogens (tertiary/aromatic N) is 3. The van der Waals surface area contributed by atoms with Crippen LogP contribution in [-0.2, 0) is 16.1 Å². The molecule has 0 unspecified atom stereocenters. The van der Waals surface area contributed by atoms with Crippen LogP contribution in [-0.4, -0.2) is 46.5 Å². The van der Waals surface area contributed by atoms with E-state index in [2.05, 4.69) is 4.98 Å². The summed E-state index contributed by atoms with van der Waals surface area (Å²) in [7, 11) is 1.33. The molecule has 0 aliphatic carbocycles. The van der Waals surface area contributed by atoms with E-state index in [-0.39, 0.29) is 12.5 Å². The molecule has 1 aromatic rings. The first-order chi connectivity index (χ1) is 9.63. The highest BCUT2D eigenvalue weighted by atomic mass is 16.5. The predicted octanol–water partition coefficient (Wildman–Crippen LogP) is 1.38. The molecule has 2 rings (SSSR count). The Balaban J connectivity index is 2.10. The third-order valence-corrected chi connectivity index (χ3v) is 3.70. The third kappa shape index (κ3) is 3.18. The molecular weight excluding hydrogens is 258 g/mol. The number of rotatable bonds is 3. The summed E-state index contributed by atoms with van der Waals surface area (Å²) in [5, 5.41) is 0. The van der Waals surface area contributed by atoms with Crippen molar-refractivity contribution in [1.82, 2.24) is 14.5 Å². The van der Waals surface area contributed by atoms with Crippen molar-refractivity contribution in [1.29, 1.82) is 0 Å². The zero-order valence-corrected chi connectivity index (χ0v) is 12.1. The molecule has 6 nitrogen and oxygen atoms in total. The Hall–Kier alpha value is -1.85.